The SMILES string of the molecule is CNCc1ccc(CNC)c(CNC)c1. The van der Waals surface area contributed by atoms with Gasteiger partial charge in [0.1, 0.15) is 0 Å². The lowest BCUT2D eigenvalue weighted by atomic mass is 10.0. The number of nitrogens with one attached hydrogen (secondary N) is 3. The summed E-state index contributed by atoms with van der Waals surface area (Å²) in [5.74, 6) is 0. The molecule has 0 aliphatic rings. The smallest absolute Gasteiger partial charge is 0.0205 e. The van der Waals surface area contributed by atoms with Crippen LogP contribution in [-0.4, -0.2) is 21.1 Å². The molecule has 0 spiro atoms. The molecule has 15 heavy (non-hydrogen) atoms. The molecule has 0 fully saturated rings. The molecule has 1 aromatic carbocycles. The molecule has 1 rings (SSSR count). The Labute approximate surface area is 92.3 Å². The van der Waals surface area contributed by atoms with E-state index in [2.05, 4.69) is 34.1 Å². The lowest BCUT2D eigenvalue weighted by molar-refractivity contribution is 0.758. The summed E-state index contributed by atoms with van der Waals surface area (Å²) < 4.78 is 0. The van der Waals surface area contributed by atoms with Crippen molar-refractivity contribution in [2.75, 3.05) is 21.1 Å². The van der Waals surface area contributed by atoms with Crippen molar-refractivity contribution in [2.24, 2.45) is 0 Å². The Kier molecular flexibility index (Phi) is 5.32. The minimum absolute atomic E-state index is 0.925. The molecule has 0 bridgehead atoms. The van der Waals surface area contributed by atoms with Crippen molar-refractivity contribution in [1.82, 2.24) is 16.0 Å². The average molecular weight is 207 g/mol. The van der Waals surface area contributed by atoms with Crippen LogP contribution in [0.1, 0.15) is 16.7 Å². The molecule has 1 aromatic rings. The van der Waals surface area contributed by atoms with Crippen LogP contribution < -0.4 is 16.0 Å². The maximum absolute atomic E-state index is 3.20. The van der Waals surface area contributed by atoms with E-state index in [1.54, 1.807) is 0 Å². The summed E-state index contributed by atoms with van der Waals surface area (Å²) in [6, 6.07) is 6.65. The van der Waals surface area contributed by atoms with Crippen LogP contribution in [0.3, 0.4) is 0 Å². The van der Waals surface area contributed by atoms with Gasteiger partial charge in [0.15, 0.2) is 0 Å². The highest BCUT2D eigenvalue weighted by molar-refractivity contribution is 5.32. The predicted molar refractivity (Wildman–Crippen MR) is 64.7 cm³/mol. The quantitative estimate of drug-likeness (QED) is 0.647. The van der Waals surface area contributed by atoms with Crippen LogP contribution in [0, 0.1) is 0 Å². The topological polar surface area (TPSA) is 36.1 Å². The third-order valence-corrected chi connectivity index (χ3v) is 2.39. The lowest BCUT2D eigenvalue weighted by Crippen LogP contribution is -2.14. The minimum Gasteiger partial charge on any atom is -0.316 e. The molecule has 0 aromatic heterocycles. The largest absolute Gasteiger partial charge is 0.316 e. The Morgan fingerprint density at radius 3 is 2.00 bits per heavy atom. The Balaban J connectivity index is 2.87. The van der Waals surface area contributed by atoms with Crippen molar-refractivity contribution in [2.45, 2.75) is 19.6 Å². The molecule has 3 heteroatoms. The number of rotatable bonds is 6. The van der Waals surface area contributed by atoms with Crippen molar-refractivity contribution in [3.8, 4) is 0 Å². The Hall–Kier alpha value is -0.900. The van der Waals surface area contributed by atoms with Gasteiger partial charge in [-0.15, -0.1) is 0 Å². The third kappa shape index (κ3) is 3.63. The van der Waals surface area contributed by atoms with E-state index >= 15 is 0 Å². The molecular weight excluding hydrogens is 186 g/mol. The molecule has 0 saturated carbocycles. The highest BCUT2D eigenvalue weighted by atomic mass is 14.8. The molecule has 0 aliphatic heterocycles. The summed E-state index contributed by atoms with van der Waals surface area (Å²) in [7, 11) is 5.93. The van der Waals surface area contributed by atoms with E-state index in [4.69, 9.17) is 0 Å². The summed E-state index contributed by atoms with van der Waals surface area (Å²) in [5, 5.41) is 9.56. The number of benzene rings is 1. The van der Waals surface area contributed by atoms with Gasteiger partial charge in [0.25, 0.3) is 0 Å². The lowest BCUT2D eigenvalue weighted by Gasteiger charge is -2.11. The molecule has 0 unspecified atom stereocenters. The summed E-state index contributed by atoms with van der Waals surface area (Å²) >= 11 is 0. The Bertz CT molecular complexity index is 297. The second-order valence-electron chi connectivity index (χ2n) is 3.69. The highest BCUT2D eigenvalue weighted by Crippen LogP contribution is 2.12. The van der Waals surface area contributed by atoms with Crippen molar-refractivity contribution >= 4 is 0 Å². The monoisotopic (exact) mass is 207 g/mol. The zero-order valence-electron chi connectivity index (χ0n) is 9.85. The van der Waals surface area contributed by atoms with Gasteiger partial charge >= 0.3 is 0 Å². The van der Waals surface area contributed by atoms with Gasteiger partial charge in [-0.1, -0.05) is 18.2 Å². The molecule has 0 heterocycles. The van der Waals surface area contributed by atoms with E-state index in [1.165, 1.54) is 16.7 Å². The van der Waals surface area contributed by atoms with Gasteiger partial charge in [-0.05, 0) is 37.8 Å². The second-order valence-corrected chi connectivity index (χ2v) is 3.69. The van der Waals surface area contributed by atoms with E-state index in [-0.39, 0.29) is 0 Å². The molecule has 0 atom stereocenters. The van der Waals surface area contributed by atoms with Crippen LogP contribution in [0.5, 0.6) is 0 Å². The molecule has 0 aliphatic carbocycles. The zero-order valence-corrected chi connectivity index (χ0v) is 9.85. The summed E-state index contributed by atoms with van der Waals surface area (Å²) in [5.41, 5.74) is 4.08. The molecule has 0 saturated heterocycles. The molecule has 3 nitrogen and oxygen atoms in total. The zero-order chi connectivity index (χ0) is 11.1. The molecule has 0 radical (unpaired) electrons. The standard InChI is InChI=1S/C12H21N3/c1-13-7-10-4-5-11(8-14-2)12(6-10)9-15-3/h4-6,13-15H,7-9H2,1-3H3. The van der Waals surface area contributed by atoms with Crippen molar-refractivity contribution in [1.29, 1.82) is 0 Å². The average Bonchev–Trinajstić information content (AvgIpc) is 2.23. The first kappa shape index (κ1) is 12.2. The van der Waals surface area contributed by atoms with Gasteiger partial charge < -0.3 is 16.0 Å². The molecule has 84 valence electrons. The van der Waals surface area contributed by atoms with E-state index < -0.39 is 0 Å². The van der Waals surface area contributed by atoms with E-state index in [0.717, 1.165) is 19.6 Å². The van der Waals surface area contributed by atoms with E-state index in [9.17, 15) is 0 Å². The molecule has 0 amide bonds. The van der Waals surface area contributed by atoms with Crippen LogP contribution in [0.4, 0.5) is 0 Å². The van der Waals surface area contributed by atoms with Crippen molar-refractivity contribution < 1.29 is 0 Å². The van der Waals surface area contributed by atoms with Gasteiger partial charge in [0.2, 0.25) is 0 Å². The van der Waals surface area contributed by atoms with Gasteiger partial charge in [-0.2, -0.15) is 0 Å². The van der Waals surface area contributed by atoms with Crippen LogP contribution in [0.15, 0.2) is 18.2 Å². The fourth-order valence-corrected chi connectivity index (χ4v) is 1.71. The van der Waals surface area contributed by atoms with Gasteiger partial charge in [-0.25, -0.2) is 0 Å². The Morgan fingerprint density at radius 2 is 1.40 bits per heavy atom. The van der Waals surface area contributed by atoms with Crippen LogP contribution >= 0.6 is 0 Å². The first-order valence-electron chi connectivity index (χ1n) is 5.36. The fourth-order valence-electron chi connectivity index (χ4n) is 1.71. The van der Waals surface area contributed by atoms with Gasteiger partial charge in [0, 0.05) is 19.6 Å². The number of hydrogen-bond acceptors (Lipinski definition) is 3. The fraction of sp³-hybridized carbons (Fsp3) is 0.500. The molecule has 3 N–H and O–H groups in total. The summed E-state index contributed by atoms with van der Waals surface area (Å²) in [6.45, 7) is 2.78. The van der Waals surface area contributed by atoms with Gasteiger partial charge in [-0.3, -0.25) is 0 Å². The summed E-state index contributed by atoms with van der Waals surface area (Å²) in [4.78, 5) is 0. The van der Waals surface area contributed by atoms with Gasteiger partial charge in [0.05, 0.1) is 0 Å². The Morgan fingerprint density at radius 1 is 0.800 bits per heavy atom. The van der Waals surface area contributed by atoms with Crippen LogP contribution in [0.2, 0.25) is 0 Å². The van der Waals surface area contributed by atoms with Crippen LogP contribution in [0.25, 0.3) is 0 Å². The maximum Gasteiger partial charge on any atom is 0.0205 e. The van der Waals surface area contributed by atoms with Crippen molar-refractivity contribution in [3.05, 3.63) is 34.9 Å². The van der Waals surface area contributed by atoms with E-state index in [1.807, 2.05) is 21.1 Å². The normalized spacial score (nSPS) is 10.6. The van der Waals surface area contributed by atoms with Crippen LogP contribution in [-0.2, 0) is 19.6 Å². The highest BCUT2D eigenvalue weighted by Gasteiger charge is 2.02. The van der Waals surface area contributed by atoms with E-state index in [0.29, 0.717) is 0 Å². The first-order valence-corrected chi connectivity index (χ1v) is 5.36. The summed E-state index contributed by atoms with van der Waals surface area (Å²) in [6.07, 6.45) is 0. The predicted octanol–water partition coefficient (Wildman–Crippen LogP) is 0.845. The second kappa shape index (κ2) is 6.56. The molecular formula is C12H21N3. The maximum atomic E-state index is 3.20. The minimum atomic E-state index is 0.925. The third-order valence-electron chi connectivity index (χ3n) is 2.39. The number of hydrogen-bond donors (Lipinski definition) is 3. The van der Waals surface area contributed by atoms with Crippen molar-refractivity contribution in [3.63, 3.8) is 0 Å². The first-order chi connectivity index (χ1) is 7.31.